The third kappa shape index (κ3) is 6.74. The smallest absolute Gasteiger partial charge is 0.127 e. The molecule has 0 aromatic carbocycles. The number of pyridine rings is 1. The number of hydrogen-bond acceptors (Lipinski definition) is 4. The molecule has 1 rings (SSSR count). The molecular formula is C14H25N3S. The lowest BCUT2D eigenvalue weighted by Gasteiger charge is -2.08. The Morgan fingerprint density at radius 1 is 1.17 bits per heavy atom. The minimum Gasteiger partial charge on any atom is -0.385 e. The molecule has 18 heavy (non-hydrogen) atoms. The van der Waals surface area contributed by atoms with Gasteiger partial charge in [-0.1, -0.05) is 13.3 Å². The Hall–Kier alpha value is -0.900. The van der Waals surface area contributed by atoms with Crippen LogP contribution in [0.4, 0.5) is 11.5 Å². The summed E-state index contributed by atoms with van der Waals surface area (Å²) in [5.41, 5.74) is 1.16. The maximum absolute atomic E-state index is 4.29. The fraction of sp³-hybridized carbons (Fsp3) is 0.643. The van der Waals surface area contributed by atoms with Crippen molar-refractivity contribution in [3.63, 3.8) is 0 Å². The SMILES string of the molecule is CCCNc1cc(NCCCCCSC)ccn1. The molecule has 4 heteroatoms. The van der Waals surface area contributed by atoms with Crippen molar-refractivity contribution in [3.8, 4) is 0 Å². The van der Waals surface area contributed by atoms with Crippen LogP contribution in [0.5, 0.6) is 0 Å². The van der Waals surface area contributed by atoms with E-state index in [-0.39, 0.29) is 0 Å². The molecule has 1 aromatic rings. The van der Waals surface area contributed by atoms with E-state index in [1.807, 2.05) is 24.0 Å². The van der Waals surface area contributed by atoms with Crippen LogP contribution in [0.15, 0.2) is 18.3 Å². The highest BCUT2D eigenvalue weighted by Gasteiger charge is 1.96. The summed E-state index contributed by atoms with van der Waals surface area (Å²) in [5.74, 6) is 2.24. The van der Waals surface area contributed by atoms with E-state index in [1.165, 1.54) is 25.0 Å². The van der Waals surface area contributed by atoms with E-state index in [9.17, 15) is 0 Å². The van der Waals surface area contributed by atoms with Crippen LogP contribution in [-0.2, 0) is 0 Å². The van der Waals surface area contributed by atoms with Gasteiger partial charge >= 0.3 is 0 Å². The second-order valence-electron chi connectivity index (χ2n) is 4.34. The Morgan fingerprint density at radius 3 is 2.83 bits per heavy atom. The molecule has 102 valence electrons. The van der Waals surface area contributed by atoms with Crippen LogP contribution in [0.25, 0.3) is 0 Å². The largest absolute Gasteiger partial charge is 0.385 e. The van der Waals surface area contributed by atoms with Gasteiger partial charge in [0.25, 0.3) is 0 Å². The summed E-state index contributed by atoms with van der Waals surface area (Å²) >= 11 is 1.93. The van der Waals surface area contributed by atoms with Crippen molar-refractivity contribution in [2.24, 2.45) is 0 Å². The van der Waals surface area contributed by atoms with Gasteiger partial charge < -0.3 is 10.6 Å². The van der Waals surface area contributed by atoms with Crippen LogP contribution in [0.3, 0.4) is 0 Å². The van der Waals surface area contributed by atoms with E-state index < -0.39 is 0 Å². The van der Waals surface area contributed by atoms with Crippen LogP contribution in [0.2, 0.25) is 0 Å². The molecule has 0 atom stereocenters. The third-order valence-corrected chi connectivity index (χ3v) is 3.37. The highest BCUT2D eigenvalue weighted by Crippen LogP contribution is 2.12. The highest BCUT2D eigenvalue weighted by molar-refractivity contribution is 7.98. The van der Waals surface area contributed by atoms with Crippen molar-refractivity contribution in [1.82, 2.24) is 4.98 Å². The standard InChI is InChI=1S/C14H25N3S/c1-3-8-16-14-12-13(7-10-17-14)15-9-5-4-6-11-18-2/h7,10,12H,3-6,8-9,11H2,1-2H3,(H2,15,16,17). The average Bonchev–Trinajstić information content (AvgIpc) is 2.41. The van der Waals surface area contributed by atoms with E-state index in [0.717, 1.165) is 31.0 Å². The fourth-order valence-corrected chi connectivity index (χ4v) is 2.16. The first kappa shape index (κ1) is 15.2. The van der Waals surface area contributed by atoms with Gasteiger partial charge in [0.15, 0.2) is 0 Å². The van der Waals surface area contributed by atoms with E-state index in [1.54, 1.807) is 0 Å². The molecule has 0 saturated carbocycles. The molecule has 0 bridgehead atoms. The quantitative estimate of drug-likeness (QED) is 0.631. The summed E-state index contributed by atoms with van der Waals surface area (Å²) < 4.78 is 0. The average molecular weight is 267 g/mol. The summed E-state index contributed by atoms with van der Waals surface area (Å²) in [4.78, 5) is 4.29. The summed E-state index contributed by atoms with van der Waals surface area (Å²) in [6.07, 6.45) is 9.01. The second kappa shape index (κ2) is 10.1. The minimum atomic E-state index is 0.962. The molecular weight excluding hydrogens is 242 g/mol. The van der Waals surface area contributed by atoms with Crippen molar-refractivity contribution in [2.75, 3.05) is 35.7 Å². The lowest BCUT2D eigenvalue weighted by atomic mass is 10.2. The molecule has 1 heterocycles. The van der Waals surface area contributed by atoms with Gasteiger partial charge in [0.2, 0.25) is 0 Å². The number of anilines is 2. The zero-order valence-electron chi connectivity index (χ0n) is 11.5. The maximum Gasteiger partial charge on any atom is 0.127 e. The maximum atomic E-state index is 4.29. The Balaban J connectivity index is 2.20. The molecule has 0 radical (unpaired) electrons. The van der Waals surface area contributed by atoms with Gasteiger partial charge in [0, 0.05) is 31.0 Å². The van der Waals surface area contributed by atoms with Gasteiger partial charge in [-0.15, -0.1) is 0 Å². The lowest BCUT2D eigenvalue weighted by molar-refractivity contribution is 0.750. The molecule has 0 spiro atoms. The summed E-state index contributed by atoms with van der Waals surface area (Å²) in [7, 11) is 0. The molecule has 2 N–H and O–H groups in total. The molecule has 0 unspecified atom stereocenters. The van der Waals surface area contributed by atoms with Gasteiger partial charge in [0.05, 0.1) is 0 Å². The van der Waals surface area contributed by atoms with Crippen LogP contribution < -0.4 is 10.6 Å². The molecule has 0 fully saturated rings. The Kier molecular flexibility index (Phi) is 8.47. The first-order chi connectivity index (χ1) is 8.86. The number of aromatic nitrogens is 1. The Bertz CT molecular complexity index is 318. The Morgan fingerprint density at radius 2 is 2.06 bits per heavy atom. The second-order valence-corrected chi connectivity index (χ2v) is 5.32. The zero-order chi connectivity index (χ0) is 13.1. The number of unbranched alkanes of at least 4 members (excludes halogenated alkanes) is 2. The van der Waals surface area contributed by atoms with Gasteiger partial charge in [-0.25, -0.2) is 4.98 Å². The minimum absolute atomic E-state index is 0.962. The zero-order valence-corrected chi connectivity index (χ0v) is 12.4. The first-order valence-electron chi connectivity index (χ1n) is 6.79. The van der Waals surface area contributed by atoms with E-state index in [0.29, 0.717) is 0 Å². The van der Waals surface area contributed by atoms with Crippen LogP contribution in [-0.4, -0.2) is 30.1 Å². The lowest BCUT2D eigenvalue weighted by Crippen LogP contribution is -2.05. The van der Waals surface area contributed by atoms with Gasteiger partial charge in [0.1, 0.15) is 5.82 Å². The van der Waals surface area contributed by atoms with Crippen molar-refractivity contribution >= 4 is 23.3 Å². The van der Waals surface area contributed by atoms with Crippen molar-refractivity contribution < 1.29 is 0 Å². The topological polar surface area (TPSA) is 37.0 Å². The predicted octanol–water partition coefficient (Wildman–Crippen LogP) is 3.85. The molecule has 0 aliphatic carbocycles. The summed E-state index contributed by atoms with van der Waals surface area (Å²) in [6.45, 7) is 4.18. The third-order valence-electron chi connectivity index (χ3n) is 2.67. The molecule has 0 aliphatic rings. The van der Waals surface area contributed by atoms with Gasteiger partial charge in [-0.2, -0.15) is 11.8 Å². The molecule has 0 aliphatic heterocycles. The molecule has 1 aromatic heterocycles. The number of hydrogen-bond donors (Lipinski definition) is 2. The molecule has 0 amide bonds. The number of rotatable bonds is 10. The van der Waals surface area contributed by atoms with E-state index >= 15 is 0 Å². The van der Waals surface area contributed by atoms with E-state index in [2.05, 4.69) is 34.9 Å². The van der Waals surface area contributed by atoms with Gasteiger partial charge in [-0.05, 0) is 37.3 Å². The van der Waals surface area contributed by atoms with Crippen LogP contribution in [0, 0.1) is 0 Å². The molecule has 3 nitrogen and oxygen atoms in total. The normalized spacial score (nSPS) is 10.3. The highest BCUT2D eigenvalue weighted by atomic mass is 32.2. The summed E-state index contributed by atoms with van der Waals surface area (Å²) in [5, 5.41) is 6.75. The number of thioether (sulfide) groups is 1. The first-order valence-corrected chi connectivity index (χ1v) is 8.19. The van der Waals surface area contributed by atoms with Crippen molar-refractivity contribution in [1.29, 1.82) is 0 Å². The van der Waals surface area contributed by atoms with Crippen LogP contribution >= 0.6 is 11.8 Å². The predicted molar refractivity (Wildman–Crippen MR) is 83.7 cm³/mol. The van der Waals surface area contributed by atoms with Crippen molar-refractivity contribution in [3.05, 3.63) is 18.3 Å². The van der Waals surface area contributed by atoms with E-state index in [4.69, 9.17) is 0 Å². The van der Waals surface area contributed by atoms with Crippen LogP contribution in [0.1, 0.15) is 32.6 Å². The fourth-order valence-electron chi connectivity index (χ4n) is 1.67. The van der Waals surface area contributed by atoms with Gasteiger partial charge in [-0.3, -0.25) is 0 Å². The monoisotopic (exact) mass is 267 g/mol. The Labute approximate surface area is 115 Å². The number of nitrogens with one attached hydrogen (secondary N) is 2. The van der Waals surface area contributed by atoms with Crippen molar-refractivity contribution in [2.45, 2.75) is 32.6 Å². The number of nitrogens with zero attached hydrogens (tertiary/aromatic N) is 1. The molecule has 0 saturated heterocycles. The summed E-state index contributed by atoms with van der Waals surface area (Å²) in [6, 6.07) is 4.11.